The normalized spacial score (nSPS) is 16.9. The minimum absolute atomic E-state index is 0.0580. The topological polar surface area (TPSA) is 74.8 Å². The second kappa shape index (κ2) is 8.14. The molecule has 1 saturated heterocycles. The van der Waals surface area contributed by atoms with Crippen LogP contribution in [0.4, 0.5) is 0 Å². The summed E-state index contributed by atoms with van der Waals surface area (Å²) in [6.07, 6.45) is 8.33. The van der Waals surface area contributed by atoms with Crippen molar-refractivity contribution >= 4 is 33.2 Å². The van der Waals surface area contributed by atoms with Crippen molar-refractivity contribution in [3.63, 3.8) is 0 Å². The van der Waals surface area contributed by atoms with Crippen molar-refractivity contribution in [3.05, 3.63) is 40.9 Å². The highest BCUT2D eigenvalue weighted by Crippen LogP contribution is 2.25. The third-order valence-electron chi connectivity index (χ3n) is 5.98. The molecule has 0 unspecified atom stereocenters. The zero-order valence-electron chi connectivity index (χ0n) is 17.4. The first-order valence-corrected chi connectivity index (χ1v) is 11.0. The number of aryl methyl sites for hydroxylation is 1. The highest BCUT2D eigenvalue weighted by atomic mass is 16.5. The molecule has 4 heterocycles. The van der Waals surface area contributed by atoms with Gasteiger partial charge in [-0.25, -0.2) is 15.0 Å². The molecule has 30 heavy (non-hydrogen) atoms. The van der Waals surface area contributed by atoms with E-state index in [1.54, 1.807) is 10.9 Å². The van der Waals surface area contributed by atoms with Crippen LogP contribution in [-0.2, 0) is 17.8 Å². The first-order chi connectivity index (χ1) is 14.8. The highest BCUT2D eigenvalue weighted by Gasteiger charge is 2.22. The van der Waals surface area contributed by atoms with E-state index in [1.165, 1.54) is 12.8 Å². The van der Waals surface area contributed by atoms with Gasteiger partial charge in [-0.05, 0) is 31.4 Å². The van der Waals surface area contributed by atoms with Crippen molar-refractivity contribution in [2.24, 2.45) is 0 Å². The largest absolute Gasteiger partial charge is 0.376 e. The lowest BCUT2D eigenvalue weighted by Crippen LogP contribution is -2.26. The summed E-state index contributed by atoms with van der Waals surface area (Å²) in [6.45, 7) is 4.29. The standard InChI is InChI=1S/C23H27N5O2/c1-2-3-4-7-12-28-21-19(20-22(28)26-18-11-6-5-10-17(18)25-20)23(29)27(15-24-21)14-16-9-8-13-30-16/h5-6,10-11,15-16H,2-4,7-9,12-14H2,1H3/t16-/m0/s1. The summed E-state index contributed by atoms with van der Waals surface area (Å²) in [5, 5.41) is 0.569. The number of hydrogen-bond donors (Lipinski definition) is 0. The van der Waals surface area contributed by atoms with E-state index in [-0.39, 0.29) is 11.7 Å². The molecule has 1 fully saturated rings. The van der Waals surface area contributed by atoms with E-state index in [2.05, 4.69) is 11.5 Å². The zero-order chi connectivity index (χ0) is 20.5. The van der Waals surface area contributed by atoms with E-state index >= 15 is 0 Å². The average molecular weight is 406 g/mol. The Hall–Kier alpha value is -2.80. The van der Waals surface area contributed by atoms with Crippen LogP contribution in [0.5, 0.6) is 0 Å². The Balaban J connectivity index is 1.68. The molecule has 7 heteroatoms. The van der Waals surface area contributed by atoms with Crippen LogP contribution in [0.1, 0.15) is 45.4 Å². The molecule has 1 aliphatic heterocycles. The van der Waals surface area contributed by atoms with E-state index in [0.29, 0.717) is 23.1 Å². The van der Waals surface area contributed by atoms with Gasteiger partial charge in [0, 0.05) is 13.2 Å². The maximum atomic E-state index is 13.4. The lowest BCUT2D eigenvalue weighted by atomic mass is 10.2. The van der Waals surface area contributed by atoms with E-state index in [0.717, 1.165) is 55.5 Å². The minimum atomic E-state index is -0.0580. The Kier molecular flexibility index (Phi) is 5.21. The van der Waals surface area contributed by atoms with Crippen molar-refractivity contribution in [2.45, 2.75) is 64.6 Å². The van der Waals surface area contributed by atoms with E-state index in [4.69, 9.17) is 19.7 Å². The van der Waals surface area contributed by atoms with Gasteiger partial charge in [0.15, 0.2) is 11.3 Å². The molecule has 0 N–H and O–H groups in total. The highest BCUT2D eigenvalue weighted by molar-refractivity contribution is 6.04. The van der Waals surface area contributed by atoms with Crippen molar-refractivity contribution in [3.8, 4) is 0 Å². The lowest BCUT2D eigenvalue weighted by Gasteiger charge is -2.11. The van der Waals surface area contributed by atoms with Gasteiger partial charge in [0.1, 0.15) is 10.9 Å². The third kappa shape index (κ3) is 3.37. The summed E-state index contributed by atoms with van der Waals surface area (Å²) in [5.41, 5.74) is 3.66. The smallest absolute Gasteiger partial charge is 0.265 e. The Bertz CT molecular complexity index is 1250. The molecule has 1 aliphatic rings. The van der Waals surface area contributed by atoms with Gasteiger partial charge in [0.25, 0.3) is 5.56 Å². The van der Waals surface area contributed by atoms with Gasteiger partial charge in [-0.1, -0.05) is 38.3 Å². The fraction of sp³-hybridized carbons (Fsp3) is 0.478. The molecule has 0 bridgehead atoms. The molecule has 1 atom stereocenters. The van der Waals surface area contributed by atoms with Crippen LogP contribution in [0.25, 0.3) is 33.2 Å². The molecule has 0 amide bonds. The van der Waals surface area contributed by atoms with Crippen LogP contribution in [-0.4, -0.2) is 36.8 Å². The number of aromatic nitrogens is 5. The molecular formula is C23H27N5O2. The summed E-state index contributed by atoms with van der Waals surface area (Å²) in [5.74, 6) is 0. The van der Waals surface area contributed by atoms with Gasteiger partial charge in [-0.3, -0.25) is 9.36 Å². The Morgan fingerprint density at radius 3 is 2.70 bits per heavy atom. The number of ether oxygens (including phenoxy) is 1. The first-order valence-electron chi connectivity index (χ1n) is 11.0. The van der Waals surface area contributed by atoms with Crippen molar-refractivity contribution in [1.29, 1.82) is 0 Å². The average Bonchev–Trinajstić information content (AvgIpc) is 3.38. The summed E-state index contributed by atoms with van der Waals surface area (Å²) < 4.78 is 9.49. The summed E-state index contributed by atoms with van der Waals surface area (Å²) in [7, 11) is 0. The van der Waals surface area contributed by atoms with Gasteiger partial charge in [0.2, 0.25) is 0 Å². The van der Waals surface area contributed by atoms with Gasteiger partial charge in [0.05, 0.1) is 30.0 Å². The van der Waals surface area contributed by atoms with Gasteiger partial charge in [-0.15, -0.1) is 0 Å². The molecule has 0 radical (unpaired) electrons. The second-order valence-corrected chi connectivity index (χ2v) is 8.13. The van der Waals surface area contributed by atoms with Gasteiger partial charge >= 0.3 is 0 Å². The number of benzene rings is 1. The lowest BCUT2D eigenvalue weighted by molar-refractivity contribution is 0.0960. The molecule has 1 aromatic carbocycles. The monoisotopic (exact) mass is 405 g/mol. The van der Waals surface area contributed by atoms with Crippen LogP contribution in [0.3, 0.4) is 0 Å². The van der Waals surface area contributed by atoms with E-state index < -0.39 is 0 Å². The number of para-hydroxylation sites is 2. The number of hydrogen-bond acceptors (Lipinski definition) is 5. The molecule has 156 valence electrons. The van der Waals surface area contributed by atoms with Crippen LogP contribution in [0, 0.1) is 0 Å². The molecule has 0 spiro atoms. The molecular weight excluding hydrogens is 378 g/mol. The number of nitrogens with zero attached hydrogens (tertiary/aromatic N) is 5. The predicted octanol–water partition coefficient (Wildman–Crippen LogP) is 4.05. The Morgan fingerprint density at radius 1 is 1.10 bits per heavy atom. The summed E-state index contributed by atoms with van der Waals surface area (Å²) in [6, 6.07) is 7.81. The number of unbranched alkanes of at least 4 members (excludes halogenated alkanes) is 3. The SMILES string of the molecule is CCCCCCn1c2nc3ccccc3nc2c2c(=O)n(C[C@@H]3CCCO3)cnc21. The minimum Gasteiger partial charge on any atom is -0.376 e. The molecule has 0 aliphatic carbocycles. The van der Waals surface area contributed by atoms with E-state index in [9.17, 15) is 4.79 Å². The number of fused-ring (bicyclic) bond motifs is 4. The van der Waals surface area contributed by atoms with Gasteiger partial charge in [-0.2, -0.15) is 0 Å². The fourth-order valence-electron chi connectivity index (χ4n) is 4.39. The van der Waals surface area contributed by atoms with Gasteiger partial charge < -0.3 is 9.30 Å². The van der Waals surface area contributed by atoms with E-state index in [1.807, 2.05) is 24.3 Å². The number of rotatable bonds is 7. The van der Waals surface area contributed by atoms with Crippen molar-refractivity contribution < 1.29 is 4.74 Å². The van der Waals surface area contributed by atoms with Crippen molar-refractivity contribution in [1.82, 2.24) is 24.1 Å². The maximum absolute atomic E-state index is 13.4. The van der Waals surface area contributed by atoms with Crippen LogP contribution in [0.15, 0.2) is 35.4 Å². The third-order valence-corrected chi connectivity index (χ3v) is 5.98. The maximum Gasteiger partial charge on any atom is 0.265 e. The molecule has 5 rings (SSSR count). The summed E-state index contributed by atoms with van der Waals surface area (Å²) >= 11 is 0. The second-order valence-electron chi connectivity index (χ2n) is 8.13. The van der Waals surface area contributed by atoms with Crippen molar-refractivity contribution in [2.75, 3.05) is 6.61 Å². The van der Waals surface area contributed by atoms with Crippen LogP contribution in [0.2, 0.25) is 0 Å². The van der Waals surface area contributed by atoms with Crippen LogP contribution < -0.4 is 5.56 Å². The molecule has 4 aromatic rings. The Morgan fingerprint density at radius 2 is 1.93 bits per heavy atom. The predicted molar refractivity (Wildman–Crippen MR) is 118 cm³/mol. The molecule has 7 nitrogen and oxygen atoms in total. The zero-order valence-corrected chi connectivity index (χ0v) is 17.4. The Labute approximate surface area is 174 Å². The quantitative estimate of drug-likeness (QED) is 0.434. The molecule has 3 aromatic heterocycles. The summed E-state index contributed by atoms with van der Waals surface area (Å²) in [4.78, 5) is 27.9. The first kappa shape index (κ1) is 19.2. The fourth-order valence-corrected chi connectivity index (χ4v) is 4.39. The molecule has 0 saturated carbocycles. The van der Waals surface area contributed by atoms with Crippen LogP contribution >= 0.6 is 0 Å².